The number of aliphatic hydroxyl groups is 1. The lowest BCUT2D eigenvalue weighted by Crippen LogP contribution is -2.58. The quantitative estimate of drug-likeness (QED) is 0.808. The highest BCUT2D eigenvalue weighted by Crippen LogP contribution is 2.40. The summed E-state index contributed by atoms with van der Waals surface area (Å²) < 4.78 is 39.3. The zero-order chi connectivity index (χ0) is 17.3. The van der Waals surface area contributed by atoms with Crippen LogP contribution < -0.4 is 5.32 Å². The molecule has 0 aliphatic carbocycles. The largest absolute Gasteiger partial charge is 0.438 e. The minimum atomic E-state index is -4.86. The minimum Gasteiger partial charge on any atom is -0.362 e. The first-order chi connectivity index (χ1) is 10.6. The molecule has 0 fully saturated rings. The zero-order valence-corrected chi connectivity index (χ0v) is 13.8. The number of hydrazone groups is 1. The molecule has 1 aliphatic heterocycles. The maximum atomic E-state index is 13.1. The molecule has 1 aromatic rings. The molecule has 0 saturated carbocycles. The molecule has 9 heteroatoms. The molecule has 0 amide bonds. The van der Waals surface area contributed by atoms with Crippen LogP contribution in [0.3, 0.4) is 0 Å². The Hall–Kier alpha value is -1.38. The highest BCUT2D eigenvalue weighted by Gasteiger charge is 2.61. The van der Waals surface area contributed by atoms with Crippen LogP contribution in [-0.4, -0.2) is 39.4 Å². The zero-order valence-electron chi connectivity index (χ0n) is 12.2. The van der Waals surface area contributed by atoms with E-state index in [1.165, 1.54) is 6.92 Å². The number of hydrogen-bond donors (Lipinski definition) is 2. The smallest absolute Gasteiger partial charge is 0.362 e. The molecule has 0 radical (unpaired) electrons. The predicted octanol–water partition coefficient (Wildman–Crippen LogP) is 3.09. The average molecular weight is 366 g/mol. The van der Waals surface area contributed by atoms with E-state index in [0.717, 1.165) is 5.56 Å². The second kappa shape index (κ2) is 6.62. The van der Waals surface area contributed by atoms with E-state index in [0.29, 0.717) is 23.0 Å². The Kier molecular flexibility index (Phi) is 5.17. The van der Waals surface area contributed by atoms with Crippen LogP contribution in [0.2, 0.25) is 5.02 Å². The standard InChI is InChI=1S/C14H15ClF3N3OS/c1-9-8-13(22,14(16,17)18)21(20-9)12(23)19-7-6-10-2-4-11(15)5-3-10/h2-5,22H,6-8H2,1H3,(H,19,23). The van der Waals surface area contributed by atoms with Crippen molar-refractivity contribution in [3.63, 3.8) is 0 Å². The van der Waals surface area contributed by atoms with Crippen molar-refractivity contribution in [2.75, 3.05) is 6.54 Å². The van der Waals surface area contributed by atoms with Crippen LogP contribution in [0.1, 0.15) is 18.9 Å². The van der Waals surface area contributed by atoms with Crippen LogP contribution in [0.5, 0.6) is 0 Å². The number of rotatable bonds is 3. The molecule has 0 saturated heterocycles. The molecule has 0 aromatic heterocycles. The van der Waals surface area contributed by atoms with Gasteiger partial charge in [-0.05, 0) is 43.3 Å². The SMILES string of the molecule is CC1=NN(C(=S)NCCc2ccc(Cl)cc2)C(O)(C(F)(F)F)C1. The monoisotopic (exact) mass is 365 g/mol. The van der Waals surface area contributed by atoms with E-state index in [9.17, 15) is 18.3 Å². The fourth-order valence-corrected chi connectivity index (χ4v) is 2.61. The number of nitrogens with one attached hydrogen (secondary N) is 1. The normalized spacial score (nSPS) is 21.3. The number of nitrogens with zero attached hydrogens (tertiary/aromatic N) is 2. The van der Waals surface area contributed by atoms with Crippen molar-refractivity contribution < 1.29 is 18.3 Å². The minimum absolute atomic E-state index is 0.159. The highest BCUT2D eigenvalue weighted by atomic mass is 35.5. The van der Waals surface area contributed by atoms with Crippen LogP contribution in [0.15, 0.2) is 29.4 Å². The molecule has 2 N–H and O–H groups in total. The van der Waals surface area contributed by atoms with Gasteiger partial charge in [-0.15, -0.1) is 0 Å². The van der Waals surface area contributed by atoms with Gasteiger partial charge in [-0.1, -0.05) is 23.7 Å². The van der Waals surface area contributed by atoms with E-state index in [4.69, 9.17) is 23.8 Å². The van der Waals surface area contributed by atoms with Crippen LogP contribution in [0, 0.1) is 0 Å². The van der Waals surface area contributed by atoms with E-state index < -0.39 is 18.3 Å². The van der Waals surface area contributed by atoms with Crippen LogP contribution in [-0.2, 0) is 6.42 Å². The molecular weight excluding hydrogens is 351 g/mol. The summed E-state index contributed by atoms with van der Waals surface area (Å²) in [6.07, 6.45) is -4.95. The van der Waals surface area contributed by atoms with Gasteiger partial charge in [-0.2, -0.15) is 23.3 Å². The summed E-state index contributed by atoms with van der Waals surface area (Å²) in [4.78, 5) is 0. The number of hydrogen-bond acceptors (Lipinski definition) is 3. The van der Waals surface area contributed by atoms with Crippen LogP contribution in [0.4, 0.5) is 13.2 Å². The molecule has 4 nitrogen and oxygen atoms in total. The number of alkyl halides is 3. The Morgan fingerprint density at radius 1 is 1.43 bits per heavy atom. The maximum Gasteiger partial charge on any atom is 0.438 e. The van der Waals surface area contributed by atoms with Gasteiger partial charge in [0.15, 0.2) is 5.11 Å². The molecule has 2 rings (SSSR count). The van der Waals surface area contributed by atoms with E-state index in [2.05, 4.69) is 10.4 Å². The molecule has 0 bridgehead atoms. The summed E-state index contributed by atoms with van der Waals surface area (Å²) in [5.74, 6) is 0. The number of benzene rings is 1. The third-order valence-electron chi connectivity index (χ3n) is 3.37. The molecule has 1 heterocycles. The van der Waals surface area contributed by atoms with Crippen LogP contribution >= 0.6 is 23.8 Å². The van der Waals surface area contributed by atoms with Gasteiger partial charge < -0.3 is 10.4 Å². The summed E-state index contributed by atoms with van der Waals surface area (Å²) in [6.45, 7) is 1.71. The summed E-state index contributed by atoms with van der Waals surface area (Å²) in [7, 11) is 0. The summed E-state index contributed by atoms with van der Waals surface area (Å²) in [5.41, 5.74) is -1.98. The first-order valence-electron chi connectivity index (χ1n) is 6.79. The van der Waals surface area contributed by atoms with Gasteiger partial charge in [0.05, 0.1) is 0 Å². The van der Waals surface area contributed by atoms with Crippen molar-refractivity contribution >= 4 is 34.6 Å². The van der Waals surface area contributed by atoms with Gasteiger partial charge in [-0.25, -0.2) is 0 Å². The van der Waals surface area contributed by atoms with Crippen molar-refractivity contribution in [1.82, 2.24) is 10.3 Å². The Balaban J connectivity index is 1.98. The summed E-state index contributed by atoms with van der Waals surface area (Å²) in [6, 6.07) is 7.09. The van der Waals surface area contributed by atoms with E-state index in [1.807, 2.05) is 12.1 Å². The lowest BCUT2D eigenvalue weighted by Gasteiger charge is -2.34. The first kappa shape index (κ1) is 18.0. The van der Waals surface area contributed by atoms with Crippen molar-refractivity contribution in [2.45, 2.75) is 31.7 Å². The molecule has 1 atom stereocenters. The first-order valence-corrected chi connectivity index (χ1v) is 7.58. The van der Waals surface area contributed by atoms with Crippen LogP contribution in [0.25, 0.3) is 0 Å². The Labute approximate surface area is 141 Å². The molecule has 1 aliphatic rings. The molecule has 1 aromatic carbocycles. The van der Waals surface area contributed by atoms with Gasteiger partial charge in [0.25, 0.3) is 5.72 Å². The average Bonchev–Trinajstić information content (AvgIpc) is 2.77. The molecule has 1 unspecified atom stereocenters. The Bertz CT molecular complexity index is 621. The van der Waals surface area contributed by atoms with Crippen molar-refractivity contribution in [1.29, 1.82) is 0 Å². The molecule has 0 spiro atoms. The topological polar surface area (TPSA) is 47.9 Å². The fourth-order valence-electron chi connectivity index (χ4n) is 2.19. The van der Waals surface area contributed by atoms with Gasteiger partial charge in [0.2, 0.25) is 0 Å². The van der Waals surface area contributed by atoms with E-state index >= 15 is 0 Å². The summed E-state index contributed by atoms with van der Waals surface area (Å²) in [5, 5.41) is 17.1. The van der Waals surface area contributed by atoms with E-state index in [-0.39, 0.29) is 10.8 Å². The van der Waals surface area contributed by atoms with Crippen molar-refractivity contribution in [3.05, 3.63) is 34.9 Å². The number of halogens is 4. The molecule has 126 valence electrons. The third kappa shape index (κ3) is 3.94. The summed E-state index contributed by atoms with van der Waals surface area (Å²) >= 11 is 10.7. The molecule has 23 heavy (non-hydrogen) atoms. The van der Waals surface area contributed by atoms with Gasteiger partial charge in [0.1, 0.15) is 0 Å². The fraction of sp³-hybridized carbons (Fsp3) is 0.429. The highest BCUT2D eigenvalue weighted by molar-refractivity contribution is 7.80. The van der Waals surface area contributed by atoms with Gasteiger partial charge >= 0.3 is 6.18 Å². The van der Waals surface area contributed by atoms with Crippen molar-refractivity contribution in [2.24, 2.45) is 5.10 Å². The lowest BCUT2D eigenvalue weighted by molar-refractivity contribution is -0.294. The molecular formula is C14H15ClF3N3OS. The third-order valence-corrected chi connectivity index (χ3v) is 3.94. The van der Waals surface area contributed by atoms with Crippen molar-refractivity contribution in [3.8, 4) is 0 Å². The lowest BCUT2D eigenvalue weighted by atomic mass is 10.1. The second-order valence-corrected chi connectivity index (χ2v) is 6.07. The Morgan fingerprint density at radius 2 is 2.04 bits per heavy atom. The van der Waals surface area contributed by atoms with Gasteiger partial charge in [0, 0.05) is 23.7 Å². The Morgan fingerprint density at radius 3 is 2.61 bits per heavy atom. The number of thiocarbonyl (C=S) groups is 1. The van der Waals surface area contributed by atoms with Gasteiger partial charge in [-0.3, -0.25) is 0 Å². The van der Waals surface area contributed by atoms with E-state index in [1.54, 1.807) is 12.1 Å². The predicted molar refractivity (Wildman–Crippen MR) is 86.3 cm³/mol. The maximum absolute atomic E-state index is 13.1. The second-order valence-electron chi connectivity index (χ2n) is 5.25.